The summed E-state index contributed by atoms with van der Waals surface area (Å²) in [5.41, 5.74) is 15.9. The largest absolute Gasteiger partial charge is 0.456 e. The van der Waals surface area contributed by atoms with Crippen LogP contribution in [-0.2, 0) is 5.41 Å². The maximum Gasteiger partial charge on any atom is 0.137 e. The van der Waals surface area contributed by atoms with Crippen LogP contribution in [0.2, 0.25) is 0 Å². The van der Waals surface area contributed by atoms with Gasteiger partial charge < -0.3 is 9.32 Å². The molecular weight excluding hydrogens is 631 g/mol. The molecule has 1 aromatic heterocycles. The van der Waals surface area contributed by atoms with Gasteiger partial charge in [0.05, 0.1) is 11.1 Å². The number of hydrogen-bond donors (Lipinski definition) is 0. The summed E-state index contributed by atoms with van der Waals surface area (Å²) in [5.74, 6) is 0. The number of nitrogens with zero attached hydrogens (tertiary/aromatic N) is 1. The Morgan fingerprint density at radius 3 is 1.69 bits per heavy atom. The van der Waals surface area contributed by atoms with E-state index in [9.17, 15) is 0 Å². The third kappa shape index (κ3) is 4.72. The maximum absolute atomic E-state index is 6.65. The van der Waals surface area contributed by atoms with Crippen molar-refractivity contribution in [3.63, 3.8) is 0 Å². The summed E-state index contributed by atoms with van der Waals surface area (Å²) in [7, 11) is 0. The van der Waals surface area contributed by atoms with Crippen LogP contribution in [0.5, 0.6) is 0 Å². The summed E-state index contributed by atoms with van der Waals surface area (Å²) >= 11 is 0. The van der Waals surface area contributed by atoms with Gasteiger partial charge in [-0.3, -0.25) is 0 Å². The second-order valence-corrected chi connectivity index (χ2v) is 13.8. The molecule has 9 aromatic rings. The Bertz CT molecular complexity index is 2700. The molecule has 1 aliphatic rings. The van der Waals surface area contributed by atoms with E-state index in [-0.39, 0.29) is 5.41 Å². The van der Waals surface area contributed by atoms with Gasteiger partial charge >= 0.3 is 0 Å². The average molecular weight is 666 g/mol. The van der Waals surface area contributed by atoms with Gasteiger partial charge in [-0.25, -0.2) is 0 Å². The normalized spacial score (nSPS) is 12.9. The first kappa shape index (κ1) is 30.2. The molecule has 10 rings (SSSR count). The fraction of sp³-hybridized carbons (Fsp3) is 0.0400. The standard InChI is InChI=1S/C50H35NO/c1-50(44-22-10-8-20-41(44)42-21-9-11-23-45(42)50)38-28-31-47-43(33-38)49-46(24-13-25-48(49)52-47)51(39-29-26-36(27-30-39)34-14-4-2-5-15-34)40-19-12-18-37(32-40)35-16-6-3-7-17-35/h2-33H,1H3. The second kappa shape index (κ2) is 12.0. The zero-order valence-corrected chi connectivity index (χ0v) is 28.8. The van der Waals surface area contributed by atoms with E-state index < -0.39 is 0 Å². The molecule has 1 aliphatic carbocycles. The van der Waals surface area contributed by atoms with E-state index in [1.807, 2.05) is 0 Å². The molecule has 8 aromatic carbocycles. The highest BCUT2D eigenvalue weighted by atomic mass is 16.3. The highest BCUT2D eigenvalue weighted by Crippen LogP contribution is 2.53. The Balaban J connectivity index is 1.19. The molecule has 0 aliphatic heterocycles. The van der Waals surface area contributed by atoms with Crippen molar-refractivity contribution in [2.45, 2.75) is 12.3 Å². The Hall–Kier alpha value is -6.64. The molecule has 2 nitrogen and oxygen atoms in total. The van der Waals surface area contributed by atoms with Gasteiger partial charge in [0.2, 0.25) is 0 Å². The van der Waals surface area contributed by atoms with Crippen LogP contribution in [0.15, 0.2) is 199 Å². The minimum Gasteiger partial charge on any atom is -0.456 e. The fourth-order valence-electron chi connectivity index (χ4n) is 8.39. The smallest absolute Gasteiger partial charge is 0.137 e. The molecule has 1 heterocycles. The molecule has 0 saturated carbocycles. The molecule has 0 atom stereocenters. The van der Waals surface area contributed by atoms with Crippen molar-refractivity contribution < 1.29 is 4.42 Å². The van der Waals surface area contributed by atoms with Crippen molar-refractivity contribution in [2.24, 2.45) is 0 Å². The van der Waals surface area contributed by atoms with Gasteiger partial charge in [-0.15, -0.1) is 0 Å². The van der Waals surface area contributed by atoms with Crippen molar-refractivity contribution in [1.82, 2.24) is 0 Å². The second-order valence-electron chi connectivity index (χ2n) is 13.8. The van der Waals surface area contributed by atoms with E-state index >= 15 is 0 Å². The van der Waals surface area contributed by atoms with E-state index in [0.717, 1.165) is 39.0 Å². The van der Waals surface area contributed by atoms with Crippen LogP contribution >= 0.6 is 0 Å². The van der Waals surface area contributed by atoms with Crippen LogP contribution in [0.25, 0.3) is 55.3 Å². The molecule has 246 valence electrons. The summed E-state index contributed by atoms with van der Waals surface area (Å²) in [6.45, 7) is 2.37. The molecule has 0 spiro atoms. The summed E-state index contributed by atoms with van der Waals surface area (Å²) in [6.07, 6.45) is 0. The molecule has 2 heteroatoms. The monoisotopic (exact) mass is 665 g/mol. The first-order valence-corrected chi connectivity index (χ1v) is 17.9. The fourth-order valence-corrected chi connectivity index (χ4v) is 8.39. The van der Waals surface area contributed by atoms with Gasteiger partial charge in [0.15, 0.2) is 0 Å². The first-order valence-electron chi connectivity index (χ1n) is 17.9. The third-order valence-electron chi connectivity index (χ3n) is 11.0. The lowest BCUT2D eigenvalue weighted by Gasteiger charge is -2.29. The predicted molar refractivity (Wildman–Crippen MR) is 217 cm³/mol. The van der Waals surface area contributed by atoms with Crippen molar-refractivity contribution in [2.75, 3.05) is 4.90 Å². The van der Waals surface area contributed by atoms with Gasteiger partial charge in [-0.1, -0.05) is 146 Å². The lowest BCUT2D eigenvalue weighted by molar-refractivity contribution is 0.667. The van der Waals surface area contributed by atoms with Crippen LogP contribution in [0, 0.1) is 0 Å². The predicted octanol–water partition coefficient (Wildman–Crippen LogP) is 13.7. The van der Waals surface area contributed by atoms with E-state index in [1.54, 1.807) is 0 Å². The van der Waals surface area contributed by atoms with E-state index in [1.165, 1.54) is 50.1 Å². The molecule has 0 unspecified atom stereocenters. The quantitative estimate of drug-likeness (QED) is 0.176. The lowest BCUT2D eigenvalue weighted by atomic mass is 9.74. The SMILES string of the molecule is CC1(c2ccc3oc4cccc(N(c5ccc(-c6ccccc6)cc5)c5cccc(-c6ccccc6)c5)c4c3c2)c2ccccc2-c2ccccc21. The summed E-state index contributed by atoms with van der Waals surface area (Å²) in [6, 6.07) is 69.9. The van der Waals surface area contributed by atoms with E-state index in [2.05, 4.69) is 206 Å². The summed E-state index contributed by atoms with van der Waals surface area (Å²) in [4.78, 5) is 2.38. The number of hydrogen-bond acceptors (Lipinski definition) is 2. The Morgan fingerprint density at radius 1 is 0.423 bits per heavy atom. The number of anilines is 3. The average Bonchev–Trinajstić information content (AvgIpc) is 3.72. The Morgan fingerprint density at radius 2 is 1.00 bits per heavy atom. The van der Waals surface area contributed by atoms with Gasteiger partial charge in [-0.05, 0) is 106 Å². The van der Waals surface area contributed by atoms with Crippen LogP contribution in [-0.4, -0.2) is 0 Å². The summed E-state index contributed by atoms with van der Waals surface area (Å²) in [5, 5.41) is 2.20. The molecular formula is C50H35NO. The number of fused-ring (bicyclic) bond motifs is 6. The van der Waals surface area contributed by atoms with Crippen molar-refractivity contribution in [3.8, 4) is 33.4 Å². The Kier molecular flexibility index (Phi) is 6.97. The molecule has 0 saturated heterocycles. The van der Waals surface area contributed by atoms with E-state index in [0.29, 0.717) is 0 Å². The molecule has 0 fully saturated rings. The molecule has 52 heavy (non-hydrogen) atoms. The van der Waals surface area contributed by atoms with Crippen LogP contribution in [0.4, 0.5) is 17.1 Å². The number of furan rings is 1. The zero-order chi connectivity index (χ0) is 34.6. The molecule has 0 radical (unpaired) electrons. The molecule has 0 amide bonds. The first-order chi connectivity index (χ1) is 25.7. The number of benzene rings is 8. The van der Waals surface area contributed by atoms with Crippen LogP contribution in [0.3, 0.4) is 0 Å². The van der Waals surface area contributed by atoms with Gasteiger partial charge in [0, 0.05) is 22.2 Å². The third-order valence-corrected chi connectivity index (χ3v) is 11.0. The maximum atomic E-state index is 6.65. The lowest BCUT2D eigenvalue weighted by Crippen LogP contribution is -2.22. The number of rotatable bonds is 6. The van der Waals surface area contributed by atoms with Crippen LogP contribution < -0.4 is 4.90 Å². The zero-order valence-electron chi connectivity index (χ0n) is 28.8. The van der Waals surface area contributed by atoms with Crippen molar-refractivity contribution >= 4 is 39.0 Å². The van der Waals surface area contributed by atoms with Crippen molar-refractivity contribution in [1.29, 1.82) is 0 Å². The van der Waals surface area contributed by atoms with Crippen molar-refractivity contribution in [3.05, 3.63) is 211 Å². The van der Waals surface area contributed by atoms with Gasteiger partial charge in [0.25, 0.3) is 0 Å². The van der Waals surface area contributed by atoms with E-state index in [4.69, 9.17) is 4.42 Å². The minimum absolute atomic E-state index is 0.309. The molecule has 0 bridgehead atoms. The topological polar surface area (TPSA) is 16.4 Å². The molecule has 0 N–H and O–H groups in total. The van der Waals surface area contributed by atoms with Crippen LogP contribution in [0.1, 0.15) is 23.6 Å². The van der Waals surface area contributed by atoms with Gasteiger partial charge in [0.1, 0.15) is 11.2 Å². The summed E-state index contributed by atoms with van der Waals surface area (Å²) < 4.78 is 6.65. The highest BCUT2D eigenvalue weighted by Gasteiger charge is 2.40. The van der Waals surface area contributed by atoms with Gasteiger partial charge in [-0.2, -0.15) is 0 Å². The minimum atomic E-state index is -0.309. The Labute approximate surface area is 303 Å². The highest BCUT2D eigenvalue weighted by molar-refractivity contribution is 6.13.